The molecule has 4 aromatic rings. The maximum absolute atomic E-state index is 13.1. The Morgan fingerprint density at radius 1 is 1.20 bits per heavy atom. The topological polar surface area (TPSA) is 97.2 Å². The van der Waals surface area contributed by atoms with Crippen LogP contribution in [-0.2, 0) is 6.61 Å². The van der Waals surface area contributed by atoms with Crippen molar-refractivity contribution in [1.29, 1.82) is 0 Å². The number of hydrogen-bond acceptors (Lipinski definition) is 7. The van der Waals surface area contributed by atoms with Crippen molar-refractivity contribution in [1.82, 2.24) is 15.0 Å². The van der Waals surface area contributed by atoms with Crippen LogP contribution in [0.15, 0.2) is 42.7 Å². The molecule has 0 fully saturated rings. The predicted octanol–water partition coefficient (Wildman–Crippen LogP) is 4.47. The summed E-state index contributed by atoms with van der Waals surface area (Å²) in [6.45, 7) is 1.79. The van der Waals surface area contributed by atoms with Gasteiger partial charge in [-0.25, -0.2) is 9.97 Å². The van der Waals surface area contributed by atoms with E-state index in [0.717, 1.165) is 21.5 Å². The number of benzene rings is 1. The summed E-state index contributed by atoms with van der Waals surface area (Å²) in [6, 6.07) is 8.92. The lowest BCUT2D eigenvalue weighted by Gasteiger charge is -2.13. The summed E-state index contributed by atoms with van der Waals surface area (Å²) in [6.07, 6.45) is 3.03. The minimum atomic E-state index is -0.353. The van der Waals surface area contributed by atoms with Gasteiger partial charge in [0.15, 0.2) is 5.13 Å². The van der Waals surface area contributed by atoms with Gasteiger partial charge in [-0.2, -0.15) is 0 Å². The number of thiazole rings is 1. The molecule has 0 radical (unpaired) electrons. The van der Waals surface area contributed by atoms with Crippen LogP contribution in [0.25, 0.3) is 21.3 Å². The van der Waals surface area contributed by atoms with E-state index in [1.165, 1.54) is 30.8 Å². The third-order valence-electron chi connectivity index (χ3n) is 4.49. The summed E-state index contributed by atoms with van der Waals surface area (Å²) < 4.78 is 6.28. The van der Waals surface area contributed by atoms with Crippen molar-refractivity contribution in [2.45, 2.75) is 13.5 Å². The monoisotopic (exact) mass is 440 g/mol. The van der Waals surface area contributed by atoms with Crippen LogP contribution >= 0.6 is 22.9 Å². The number of aliphatic hydroxyl groups is 1. The molecule has 30 heavy (non-hydrogen) atoms. The number of pyridine rings is 2. The maximum atomic E-state index is 13.1. The highest BCUT2D eigenvalue weighted by molar-refractivity contribution is 7.22. The fourth-order valence-electron chi connectivity index (χ4n) is 3.04. The second-order valence-corrected chi connectivity index (χ2v) is 7.93. The molecule has 0 atom stereocenters. The number of ether oxygens (including phenoxy) is 1. The molecule has 3 aromatic heterocycles. The van der Waals surface area contributed by atoms with E-state index in [1.54, 1.807) is 18.2 Å². The van der Waals surface area contributed by atoms with Gasteiger partial charge in [-0.1, -0.05) is 29.0 Å². The number of aryl methyl sites for hydroxylation is 1. The minimum Gasteiger partial charge on any atom is -0.494 e. The molecule has 9 heteroatoms. The first-order valence-corrected chi connectivity index (χ1v) is 10.2. The average molecular weight is 441 g/mol. The van der Waals surface area contributed by atoms with Gasteiger partial charge >= 0.3 is 0 Å². The zero-order valence-corrected chi connectivity index (χ0v) is 17.7. The first kappa shape index (κ1) is 20.2. The number of nitrogens with zero attached hydrogens (tertiary/aromatic N) is 3. The Morgan fingerprint density at radius 3 is 2.80 bits per heavy atom. The van der Waals surface area contributed by atoms with Gasteiger partial charge in [-0.15, -0.1) is 0 Å². The lowest BCUT2D eigenvalue weighted by atomic mass is 10.0. The van der Waals surface area contributed by atoms with Gasteiger partial charge in [0.2, 0.25) is 0 Å². The van der Waals surface area contributed by atoms with Crippen LogP contribution in [0.4, 0.5) is 5.13 Å². The van der Waals surface area contributed by atoms with Crippen LogP contribution < -0.4 is 10.1 Å². The minimum absolute atomic E-state index is 0.0513. The standard InChI is InChI=1S/C21H17ClN4O3S/c1-11-5-13(14-7-19(22)24-9-17(14)29-2)15(8-23-11)20(28)26-21-25-16-4-3-12(10-27)6-18(16)30-21/h3-9,27H,10H2,1-2H3,(H,25,26,28). The molecular formula is C21H17ClN4O3S. The lowest BCUT2D eigenvalue weighted by Crippen LogP contribution is -2.14. The molecule has 152 valence electrons. The second kappa shape index (κ2) is 8.35. The van der Waals surface area contributed by atoms with E-state index in [0.29, 0.717) is 27.6 Å². The summed E-state index contributed by atoms with van der Waals surface area (Å²) in [5, 5.41) is 12.9. The molecule has 7 nitrogen and oxygen atoms in total. The quantitative estimate of drug-likeness (QED) is 0.444. The van der Waals surface area contributed by atoms with Crippen molar-refractivity contribution in [2.24, 2.45) is 0 Å². The number of anilines is 1. The van der Waals surface area contributed by atoms with Gasteiger partial charge in [0.05, 0.1) is 35.7 Å². The van der Waals surface area contributed by atoms with E-state index < -0.39 is 0 Å². The molecule has 2 N–H and O–H groups in total. The van der Waals surface area contributed by atoms with Gasteiger partial charge < -0.3 is 9.84 Å². The molecule has 3 heterocycles. The Hall–Kier alpha value is -3.07. The molecule has 0 aliphatic carbocycles. The summed E-state index contributed by atoms with van der Waals surface area (Å²) in [7, 11) is 1.53. The maximum Gasteiger partial charge on any atom is 0.259 e. The summed E-state index contributed by atoms with van der Waals surface area (Å²) in [5.74, 6) is 0.143. The Kier molecular flexibility index (Phi) is 5.63. The van der Waals surface area contributed by atoms with Crippen molar-refractivity contribution in [3.8, 4) is 16.9 Å². The number of methoxy groups -OCH3 is 1. The Bertz CT molecular complexity index is 1260. The average Bonchev–Trinajstić information content (AvgIpc) is 3.14. The number of rotatable bonds is 5. The van der Waals surface area contributed by atoms with Crippen LogP contribution in [0.2, 0.25) is 5.15 Å². The predicted molar refractivity (Wildman–Crippen MR) is 117 cm³/mol. The number of halogens is 1. The van der Waals surface area contributed by atoms with Crippen LogP contribution in [0.5, 0.6) is 5.75 Å². The summed E-state index contributed by atoms with van der Waals surface area (Å²) >= 11 is 7.42. The van der Waals surface area contributed by atoms with Crippen molar-refractivity contribution in [2.75, 3.05) is 12.4 Å². The van der Waals surface area contributed by atoms with Gasteiger partial charge in [0.1, 0.15) is 10.9 Å². The molecule has 0 aliphatic rings. The number of amides is 1. The van der Waals surface area contributed by atoms with E-state index in [2.05, 4.69) is 20.3 Å². The molecule has 4 rings (SSSR count). The molecule has 0 saturated carbocycles. The molecule has 1 amide bonds. The van der Waals surface area contributed by atoms with Gasteiger partial charge in [-0.3, -0.25) is 15.1 Å². The molecule has 0 aliphatic heterocycles. The van der Waals surface area contributed by atoms with E-state index in [4.69, 9.17) is 16.3 Å². The van der Waals surface area contributed by atoms with Crippen LogP contribution in [-0.4, -0.2) is 33.1 Å². The van der Waals surface area contributed by atoms with Crippen molar-refractivity contribution in [3.05, 3.63) is 64.7 Å². The fourth-order valence-corrected chi connectivity index (χ4v) is 4.12. The molecule has 0 bridgehead atoms. The fraction of sp³-hybridized carbons (Fsp3) is 0.143. The number of carbonyl (C=O) groups excluding carboxylic acids is 1. The SMILES string of the molecule is COc1cnc(Cl)cc1-c1cc(C)ncc1C(=O)Nc1nc2ccc(CO)cc2s1. The zero-order valence-electron chi connectivity index (χ0n) is 16.1. The number of nitrogens with one attached hydrogen (secondary N) is 1. The lowest BCUT2D eigenvalue weighted by molar-refractivity contribution is 0.102. The Labute approximate surface area is 181 Å². The third-order valence-corrected chi connectivity index (χ3v) is 5.63. The van der Waals surface area contributed by atoms with Gasteiger partial charge in [0.25, 0.3) is 5.91 Å². The van der Waals surface area contributed by atoms with E-state index in [-0.39, 0.29) is 17.7 Å². The summed E-state index contributed by atoms with van der Waals surface area (Å²) in [5.41, 5.74) is 3.91. The second-order valence-electron chi connectivity index (χ2n) is 6.51. The highest BCUT2D eigenvalue weighted by atomic mass is 35.5. The van der Waals surface area contributed by atoms with Crippen LogP contribution in [0, 0.1) is 6.92 Å². The van der Waals surface area contributed by atoms with Crippen molar-refractivity contribution in [3.63, 3.8) is 0 Å². The van der Waals surface area contributed by atoms with E-state index >= 15 is 0 Å². The number of aromatic nitrogens is 3. The number of aliphatic hydroxyl groups excluding tert-OH is 1. The Morgan fingerprint density at radius 2 is 2.03 bits per heavy atom. The van der Waals surface area contributed by atoms with Crippen molar-refractivity contribution < 1.29 is 14.6 Å². The number of fused-ring (bicyclic) bond motifs is 1. The largest absolute Gasteiger partial charge is 0.494 e. The highest BCUT2D eigenvalue weighted by Crippen LogP contribution is 2.34. The molecular weight excluding hydrogens is 424 g/mol. The molecule has 0 saturated heterocycles. The van der Waals surface area contributed by atoms with Gasteiger partial charge in [0, 0.05) is 23.0 Å². The Balaban J connectivity index is 1.73. The van der Waals surface area contributed by atoms with Crippen LogP contribution in [0.1, 0.15) is 21.6 Å². The first-order chi connectivity index (χ1) is 14.5. The smallest absolute Gasteiger partial charge is 0.259 e. The number of carbonyl (C=O) groups is 1. The molecule has 0 spiro atoms. The van der Waals surface area contributed by atoms with E-state index in [1.807, 2.05) is 19.1 Å². The third kappa shape index (κ3) is 3.97. The zero-order chi connectivity index (χ0) is 21.3. The van der Waals surface area contributed by atoms with Gasteiger partial charge in [-0.05, 0) is 36.8 Å². The first-order valence-electron chi connectivity index (χ1n) is 8.96. The highest BCUT2D eigenvalue weighted by Gasteiger charge is 2.19. The number of hydrogen-bond donors (Lipinski definition) is 2. The van der Waals surface area contributed by atoms with E-state index in [9.17, 15) is 9.90 Å². The van der Waals surface area contributed by atoms with Crippen LogP contribution in [0.3, 0.4) is 0 Å². The normalized spacial score (nSPS) is 10.9. The van der Waals surface area contributed by atoms with Crippen molar-refractivity contribution >= 4 is 44.2 Å². The summed E-state index contributed by atoms with van der Waals surface area (Å²) in [4.78, 5) is 25.9. The molecule has 0 unspecified atom stereocenters. The molecule has 1 aromatic carbocycles.